The zero-order valence-electron chi connectivity index (χ0n) is 14.7. The van der Waals surface area contributed by atoms with E-state index in [2.05, 4.69) is 15.6 Å². The quantitative estimate of drug-likeness (QED) is 0.705. The van der Waals surface area contributed by atoms with Crippen LogP contribution in [0.25, 0.3) is 0 Å². The lowest BCUT2D eigenvalue weighted by atomic mass is 10.1. The number of nitrogens with zero attached hydrogens (tertiary/aromatic N) is 1. The third-order valence-corrected chi connectivity index (χ3v) is 5.53. The minimum Gasteiger partial charge on any atom is -0.352 e. The van der Waals surface area contributed by atoms with Gasteiger partial charge in [0.1, 0.15) is 5.82 Å². The van der Waals surface area contributed by atoms with Gasteiger partial charge in [-0.05, 0) is 48.4 Å². The summed E-state index contributed by atoms with van der Waals surface area (Å²) in [6.07, 6.45) is 4.14. The molecule has 5 nitrogen and oxygen atoms in total. The number of nitrogens with one attached hydrogen (secondary N) is 2. The second kappa shape index (κ2) is 7.82. The van der Waals surface area contributed by atoms with Crippen LogP contribution in [0.2, 0.25) is 0 Å². The van der Waals surface area contributed by atoms with Gasteiger partial charge in [0.25, 0.3) is 11.8 Å². The molecule has 0 spiro atoms. The first-order chi connectivity index (χ1) is 13.6. The fourth-order valence-electron chi connectivity index (χ4n) is 2.92. The number of hydrogen-bond acceptors (Lipinski definition) is 4. The van der Waals surface area contributed by atoms with Gasteiger partial charge in [0.05, 0.1) is 16.1 Å². The summed E-state index contributed by atoms with van der Waals surface area (Å²) < 4.78 is 14.1. The van der Waals surface area contributed by atoms with Crippen molar-refractivity contribution in [2.24, 2.45) is 0 Å². The third kappa shape index (κ3) is 3.75. The molecule has 3 aromatic rings. The fraction of sp³-hybridized carbons (Fsp3) is 0.0952. The average Bonchev–Trinajstić information content (AvgIpc) is 2.85. The molecule has 0 radical (unpaired) electrons. The lowest BCUT2D eigenvalue weighted by molar-refractivity contribution is 0.0952. The van der Waals surface area contributed by atoms with Gasteiger partial charge in [-0.1, -0.05) is 23.9 Å². The molecular weight excluding hydrogens is 377 g/mol. The van der Waals surface area contributed by atoms with Crippen LogP contribution in [-0.2, 0) is 6.42 Å². The van der Waals surface area contributed by atoms with E-state index in [9.17, 15) is 14.0 Å². The summed E-state index contributed by atoms with van der Waals surface area (Å²) in [5.74, 6) is -1.07. The molecule has 1 aliphatic heterocycles. The van der Waals surface area contributed by atoms with Gasteiger partial charge in [0, 0.05) is 29.4 Å². The number of amides is 2. The zero-order valence-corrected chi connectivity index (χ0v) is 15.6. The van der Waals surface area contributed by atoms with Crippen LogP contribution in [0.4, 0.5) is 10.1 Å². The number of fused-ring (bicyclic) bond motifs is 2. The Bertz CT molecular complexity index is 1060. The number of pyridine rings is 1. The van der Waals surface area contributed by atoms with Gasteiger partial charge in [-0.15, -0.1) is 0 Å². The molecule has 2 amide bonds. The molecule has 0 atom stereocenters. The van der Waals surface area contributed by atoms with Crippen molar-refractivity contribution in [2.45, 2.75) is 16.2 Å². The summed E-state index contributed by atoms with van der Waals surface area (Å²) in [5, 5.41) is 5.63. The SMILES string of the molecule is O=C(NCCc1cccnc1)c1ccc2c(c1)NC(=O)c1cccc(F)c1S2. The molecule has 1 aliphatic rings. The van der Waals surface area contributed by atoms with Gasteiger partial charge in [-0.2, -0.15) is 0 Å². The molecule has 2 heterocycles. The summed E-state index contributed by atoms with van der Waals surface area (Å²) in [7, 11) is 0. The summed E-state index contributed by atoms with van der Waals surface area (Å²) in [5.41, 5.74) is 2.24. The monoisotopic (exact) mass is 393 g/mol. The van der Waals surface area contributed by atoms with E-state index < -0.39 is 11.7 Å². The van der Waals surface area contributed by atoms with Crippen LogP contribution >= 0.6 is 11.8 Å². The second-order valence-electron chi connectivity index (χ2n) is 6.25. The van der Waals surface area contributed by atoms with Crippen molar-refractivity contribution in [1.82, 2.24) is 10.3 Å². The molecule has 0 fully saturated rings. The number of anilines is 1. The molecular formula is C21H16FN3O2S. The Morgan fingerprint density at radius 2 is 2.07 bits per heavy atom. The molecule has 140 valence electrons. The van der Waals surface area contributed by atoms with Crippen LogP contribution in [0.5, 0.6) is 0 Å². The van der Waals surface area contributed by atoms with Crippen LogP contribution in [0.1, 0.15) is 26.3 Å². The largest absolute Gasteiger partial charge is 0.352 e. The number of carbonyl (C=O) groups is 2. The number of carbonyl (C=O) groups excluding carboxylic acids is 2. The van der Waals surface area contributed by atoms with Gasteiger partial charge in [-0.25, -0.2) is 4.39 Å². The Morgan fingerprint density at radius 1 is 1.18 bits per heavy atom. The van der Waals surface area contributed by atoms with E-state index in [1.807, 2.05) is 12.1 Å². The van der Waals surface area contributed by atoms with Crippen molar-refractivity contribution in [2.75, 3.05) is 11.9 Å². The van der Waals surface area contributed by atoms with E-state index in [1.165, 1.54) is 23.9 Å². The van der Waals surface area contributed by atoms with Crippen LogP contribution in [0, 0.1) is 5.82 Å². The van der Waals surface area contributed by atoms with Crippen LogP contribution < -0.4 is 10.6 Å². The minimum absolute atomic E-state index is 0.237. The number of rotatable bonds is 4. The Kier molecular flexibility index (Phi) is 5.08. The number of benzene rings is 2. The predicted octanol–water partition coefficient (Wildman–Crippen LogP) is 3.91. The van der Waals surface area contributed by atoms with Crippen LogP contribution in [0.15, 0.2) is 70.7 Å². The Labute approximate surface area is 165 Å². The molecule has 7 heteroatoms. The van der Waals surface area contributed by atoms with Crippen molar-refractivity contribution < 1.29 is 14.0 Å². The molecule has 1 aromatic heterocycles. The topological polar surface area (TPSA) is 71.1 Å². The van der Waals surface area contributed by atoms with Gasteiger partial charge in [0.2, 0.25) is 0 Å². The van der Waals surface area contributed by atoms with E-state index in [1.54, 1.807) is 36.7 Å². The molecule has 0 aliphatic carbocycles. The average molecular weight is 393 g/mol. The maximum atomic E-state index is 14.1. The van der Waals surface area contributed by atoms with Gasteiger partial charge >= 0.3 is 0 Å². The highest BCUT2D eigenvalue weighted by Crippen LogP contribution is 2.40. The van der Waals surface area contributed by atoms with E-state index >= 15 is 0 Å². The van der Waals surface area contributed by atoms with Crippen molar-refractivity contribution >= 4 is 29.3 Å². The Hall–Kier alpha value is -3.19. The highest BCUT2D eigenvalue weighted by molar-refractivity contribution is 7.99. The standard InChI is InChI=1S/C21H16FN3O2S/c22-16-5-1-4-15-19(16)28-18-7-6-14(11-17(18)25-21(15)27)20(26)24-10-8-13-3-2-9-23-12-13/h1-7,9,11-12H,8,10H2,(H,24,26)(H,25,27). The smallest absolute Gasteiger partial charge is 0.256 e. The van der Waals surface area contributed by atoms with Crippen LogP contribution in [0.3, 0.4) is 0 Å². The van der Waals surface area contributed by atoms with Gasteiger partial charge < -0.3 is 10.6 Å². The van der Waals surface area contributed by atoms with E-state index in [0.717, 1.165) is 5.56 Å². The lowest BCUT2D eigenvalue weighted by Crippen LogP contribution is -2.25. The molecule has 0 unspecified atom stereocenters. The number of aromatic nitrogens is 1. The highest BCUT2D eigenvalue weighted by atomic mass is 32.2. The Morgan fingerprint density at radius 3 is 2.89 bits per heavy atom. The zero-order chi connectivity index (χ0) is 19.5. The third-order valence-electron chi connectivity index (χ3n) is 4.34. The first-order valence-corrected chi connectivity index (χ1v) is 9.52. The fourth-order valence-corrected chi connectivity index (χ4v) is 3.93. The summed E-state index contributed by atoms with van der Waals surface area (Å²) in [4.78, 5) is 29.9. The van der Waals surface area contributed by atoms with Crippen molar-refractivity contribution in [3.63, 3.8) is 0 Å². The summed E-state index contributed by atoms with van der Waals surface area (Å²) >= 11 is 1.17. The van der Waals surface area contributed by atoms with E-state index in [-0.39, 0.29) is 16.4 Å². The van der Waals surface area contributed by atoms with Crippen molar-refractivity contribution in [3.05, 3.63) is 83.4 Å². The molecule has 0 saturated carbocycles. The normalized spacial score (nSPS) is 12.4. The van der Waals surface area contributed by atoms with E-state index in [0.29, 0.717) is 29.1 Å². The van der Waals surface area contributed by atoms with Crippen LogP contribution in [-0.4, -0.2) is 23.3 Å². The predicted molar refractivity (Wildman–Crippen MR) is 105 cm³/mol. The molecule has 2 N–H and O–H groups in total. The molecule has 0 saturated heterocycles. The number of hydrogen-bond donors (Lipinski definition) is 2. The lowest BCUT2D eigenvalue weighted by Gasteiger charge is -2.10. The first kappa shape index (κ1) is 18.2. The van der Waals surface area contributed by atoms with Gasteiger partial charge in [-0.3, -0.25) is 14.6 Å². The molecule has 2 aromatic carbocycles. The minimum atomic E-state index is -0.442. The van der Waals surface area contributed by atoms with Crippen molar-refractivity contribution in [3.8, 4) is 0 Å². The molecule has 4 rings (SSSR count). The van der Waals surface area contributed by atoms with Gasteiger partial charge in [0.15, 0.2) is 0 Å². The maximum absolute atomic E-state index is 14.1. The Balaban J connectivity index is 1.50. The number of halogens is 1. The molecule has 28 heavy (non-hydrogen) atoms. The highest BCUT2D eigenvalue weighted by Gasteiger charge is 2.23. The maximum Gasteiger partial charge on any atom is 0.256 e. The summed E-state index contributed by atoms with van der Waals surface area (Å²) in [6.45, 7) is 0.472. The first-order valence-electron chi connectivity index (χ1n) is 8.71. The summed E-state index contributed by atoms with van der Waals surface area (Å²) in [6, 6.07) is 13.2. The van der Waals surface area contributed by atoms with E-state index in [4.69, 9.17) is 0 Å². The second-order valence-corrected chi connectivity index (χ2v) is 7.30. The van der Waals surface area contributed by atoms with Crippen molar-refractivity contribution in [1.29, 1.82) is 0 Å². The molecule has 0 bridgehead atoms.